The van der Waals surface area contributed by atoms with Crippen molar-refractivity contribution < 1.29 is 74.0 Å². The zero-order valence-electron chi connectivity index (χ0n) is 32.3. The Bertz CT molecular complexity index is 1620. The van der Waals surface area contributed by atoms with Crippen LogP contribution in [0.4, 0.5) is 0 Å². The first-order valence-electron chi connectivity index (χ1n) is 18.4. The fourth-order valence-corrected chi connectivity index (χ4v) is 32.2. The first-order valence-corrected chi connectivity index (χ1v) is 27.9. The highest BCUT2D eigenvalue weighted by Crippen LogP contribution is 2.52. The van der Waals surface area contributed by atoms with Crippen molar-refractivity contribution in [3.05, 3.63) is 0 Å². The van der Waals surface area contributed by atoms with E-state index < -0.39 is 153 Å². The predicted octanol–water partition coefficient (Wildman–Crippen LogP) is 0.617. The highest BCUT2D eigenvalue weighted by atomic mass is 28.5. The molecule has 5 saturated heterocycles. The van der Waals surface area contributed by atoms with E-state index in [9.17, 15) is 57.5 Å². The number of carbonyl (C=O) groups excluding carboxylic acids is 12. The van der Waals surface area contributed by atoms with Crippen LogP contribution in [-0.2, 0) is 74.0 Å². The van der Waals surface area contributed by atoms with Gasteiger partial charge in [-0.3, -0.25) is 57.5 Å². The normalized spacial score (nSPS) is 35.6. The van der Waals surface area contributed by atoms with Crippen LogP contribution in [-0.4, -0.2) is 125 Å². The van der Waals surface area contributed by atoms with Crippen LogP contribution in [0.15, 0.2) is 0 Å². The van der Waals surface area contributed by atoms with Crippen LogP contribution < -0.4 is 0 Å². The lowest BCUT2D eigenvalue weighted by Crippen LogP contribution is -2.72. The molecular weight excluding hydrogens is 809 g/mol. The SMILES string of the molecule is CCC(=O)N1C(=O)CC([Si]2(C)O[Si](C)(C3CC(=O)N(C(=O)CC)C3=O)O[Si](C)(C3CC(=O)N(C(=O)CC)C3=O)O[Si](C)(C3CC(=O)N(C(=O)CC)C3=O)O2)C1=O. The third-order valence-corrected chi connectivity index (χ3v) is 30.8. The van der Waals surface area contributed by atoms with Crippen LogP contribution >= 0.6 is 0 Å². The van der Waals surface area contributed by atoms with Crippen molar-refractivity contribution >= 4 is 105 Å². The Kier molecular flexibility index (Phi) is 11.6. The second kappa shape index (κ2) is 15.0. The van der Waals surface area contributed by atoms with Gasteiger partial charge in [0.1, 0.15) is 0 Å². The molecule has 0 saturated carbocycles. The van der Waals surface area contributed by atoms with E-state index in [1.165, 1.54) is 53.9 Å². The van der Waals surface area contributed by atoms with Crippen LogP contribution in [0.5, 0.6) is 0 Å². The molecule has 0 N–H and O–H groups in total. The van der Waals surface area contributed by atoms with E-state index in [1.54, 1.807) is 0 Å². The lowest BCUT2D eigenvalue weighted by Gasteiger charge is -2.53. The van der Waals surface area contributed by atoms with Crippen molar-refractivity contribution in [1.82, 2.24) is 19.6 Å². The van der Waals surface area contributed by atoms with Crippen LogP contribution in [0.3, 0.4) is 0 Å². The minimum absolute atomic E-state index is 0.231. The van der Waals surface area contributed by atoms with E-state index in [4.69, 9.17) is 16.5 Å². The van der Waals surface area contributed by atoms with E-state index in [0.717, 1.165) is 0 Å². The molecule has 5 aliphatic rings. The van der Waals surface area contributed by atoms with Crippen molar-refractivity contribution in [3.63, 3.8) is 0 Å². The van der Waals surface area contributed by atoms with Crippen molar-refractivity contribution in [1.29, 1.82) is 0 Å². The van der Waals surface area contributed by atoms with Gasteiger partial charge in [0.05, 0.1) is 22.2 Å². The molecule has 0 bridgehead atoms. The monoisotopic (exact) mass is 852 g/mol. The Morgan fingerprint density at radius 1 is 0.411 bits per heavy atom. The van der Waals surface area contributed by atoms with Gasteiger partial charge in [-0.2, -0.15) is 0 Å². The first kappa shape index (κ1) is 43.1. The zero-order valence-corrected chi connectivity index (χ0v) is 36.3. The van der Waals surface area contributed by atoms with Gasteiger partial charge in [0, 0.05) is 51.4 Å². The molecule has 0 radical (unpaired) electrons. The summed E-state index contributed by atoms with van der Waals surface area (Å²) in [6, 6.07) is 0. The molecule has 0 aliphatic carbocycles. The number of imide groups is 12. The number of amides is 12. The van der Waals surface area contributed by atoms with Crippen LogP contribution in [0.1, 0.15) is 79.1 Å². The predicted molar refractivity (Wildman–Crippen MR) is 193 cm³/mol. The van der Waals surface area contributed by atoms with Gasteiger partial charge in [-0.15, -0.1) is 0 Å². The Balaban J connectivity index is 1.75. The van der Waals surface area contributed by atoms with Gasteiger partial charge in [0.25, 0.3) is 0 Å². The number of hydrogen-bond donors (Lipinski definition) is 0. The maximum atomic E-state index is 14.1. The maximum Gasteiger partial charge on any atom is 0.330 e. The lowest BCUT2D eigenvalue weighted by atomic mass is 10.3. The van der Waals surface area contributed by atoms with Gasteiger partial charge < -0.3 is 16.5 Å². The molecule has 24 heteroatoms. The van der Waals surface area contributed by atoms with E-state index in [1.807, 2.05) is 0 Å². The summed E-state index contributed by atoms with van der Waals surface area (Å²) in [5, 5.41) is 0. The highest BCUT2D eigenvalue weighted by molar-refractivity contribution is 6.98. The zero-order chi connectivity index (χ0) is 42.0. The fourth-order valence-electron chi connectivity index (χ4n) is 8.11. The third kappa shape index (κ3) is 6.87. The quantitative estimate of drug-likeness (QED) is 0.240. The van der Waals surface area contributed by atoms with Crippen LogP contribution in [0.2, 0.25) is 48.4 Å². The third-order valence-electron chi connectivity index (χ3n) is 10.9. The standard InChI is InChI=1S/C32H44N4O16Si4/c1-9-21(37)33-25(41)13-17(29(33)45)53(5)49-54(6,18-14-26(42)34(30(18)46)22(38)10-2)51-56(8,20-16-28(44)36(32(20)48)24(40)12-4)52-55(7,50-53)19-15-27(43)35(31(19)47)23(39)11-3/h17-20H,9-16H2,1-8H3. The van der Waals surface area contributed by atoms with E-state index in [2.05, 4.69) is 0 Å². The van der Waals surface area contributed by atoms with Gasteiger partial charge in [-0.05, 0) is 26.2 Å². The number of carbonyl (C=O) groups is 12. The maximum absolute atomic E-state index is 14.1. The fraction of sp³-hybridized carbons (Fsp3) is 0.625. The minimum Gasteiger partial charge on any atom is -0.415 e. The molecule has 0 aromatic carbocycles. The summed E-state index contributed by atoms with van der Waals surface area (Å²) < 4.78 is 27.5. The number of nitrogens with zero attached hydrogens (tertiary/aromatic N) is 4. The van der Waals surface area contributed by atoms with Crippen molar-refractivity contribution in [2.45, 2.75) is 127 Å². The van der Waals surface area contributed by atoms with Crippen molar-refractivity contribution in [3.8, 4) is 0 Å². The van der Waals surface area contributed by atoms with Gasteiger partial charge in [0.2, 0.25) is 70.9 Å². The molecule has 56 heavy (non-hydrogen) atoms. The Hall–Kier alpha value is -4.05. The minimum atomic E-state index is -4.60. The molecule has 0 aromatic rings. The summed E-state index contributed by atoms with van der Waals surface area (Å²) in [5.41, 5.74) is -6.18. The van der Waals surface area contributed by atoms with Gasteiger partial charge in [-0.1, -0.05) is 27.7 Å². The summed E-state index contributed by atoms with van der Waals surface area (Å²) in [4.78, 5) is 163. The highest BCUT2D eigenvalue weighted by Gasteiger charge is 2.72. The average Bonchev–Trinajstić information content (AvgIpc) is 3.81. The molecule has 5 fully saturated rings. The van der Waals surface area contributed by atoms with Gasteiger partial charge >= 0.3 is 34.2 Å². The van der Waals surface area contributed by atoms with E-state index in [0.29, 0.717) is 19.6 Å². The molecule has 4 atom stereocenters. The average molecular weight is 853 g/mol. The summed E-state index contributed by atoms with van der Waals surface area (Å²) in [6.45, 7) is 11.0. The number of likely N-dealkylation sites (tertiary alicyclic amines) is 4. The molecule has 304 valence electrons. The van der Waals surface area contributed by atoms with Gasteiger partial charge in [-0.25, -0.2) is 19.6 Å². The molecule has 4 unspecified atom stereocenters. The van der Waals surface area contributed by atoms with Crippen molar-refractivity contribution in [2.24, 2.45) is 0 Å². The molecule has 5 heterocycles. The first-order chi connectivity index (χ1) is 26.0. The van der Waals surface area contributed by atoms with Crippen LogP contribution in [0, 0.1) is 0 Å². The number of rotatable bonds is 8. The smallest absolute Gasteiger partial charge is 0.330 e. The molecule has 5 rings (SSSR count). The number of hydrogen-bond acceptors (Lipinski definition) is 16. The van der Waals surface area contributed by atoms with E-state index >= 15 is 0 Å². The summed E-state index contributed by atoms with van der Waals surface area (Å²) >= 11 is 0. The summed E-state index contributed by atoms with van der Waals surface area (Å²) in [7, 11) is -18.4. The second-order valence-corrected chi connectivity index (χ2v) is 28.9. The molecular formula is C32H44N4O16Si4. The molecule has 20 nitrogen and oxygen atoms in total. The lowest BCUT2D eigenvalue weighted by molar-refractivity contribution is -0.151. The van der Waals surface area contributed by atoms with Crippen molar-refractivity contribution in [2.75, 3.05) is 0 Å². The molecule has 0 aromatic heterocycles. The Morgan fingerprint density at radius 2 is 0.571 bits per heavy atom. The second-order valence-electron chi connectivity index (χ2n) is 14.8. The van der Waals surface area contributed by atoms with Crippen LogP contribution in [0.25, 0.3) is 0 Å². The summed E-state index contributed by atoms with van der Waals surface area (Å²) in [6.07, 6.45) is -3.44. The summed E-state index contributed by atoms with van der Waals surface area (Å²) in [5.74, 6) is -10.9. The Labute approximate surface area is 325 Å². The molecule has 0 spiro atoms. The Morgan fingerprint density at radius 3 is 0.714 bits per heavy atom. The molecule has 5 aliphatic heterocycles. The largest absolute Gasteiger partial charge is 0.415 e. The topological polar surface area (TPSA) is 255 Å². The van der Waals surface area contributed by atoms with E-state index in [-0.39, 0.29) is 25.7 Å². The van der Waals surface area contributed by atoms with Gasteiger partial charge in [0.15, 0.2) is 0 Å². The molecule has 12 amide bonds.